The first-order valence-electron chi connectivity index (χ1n) is 8.50. The average Bonchev–Trinajstić information content (AvgIpc) is 3.18. The summed E-state index contributed by atoms with van der Waals surface area (Å²) in [4.78, 5) is 19.1. The van der Waals surface area contributed by atoms with Crippen LogP contribution in [0.3, 0.4) is 0 Å². The third-order valence-electron chi connectivity index (χ3n) is 4.59. The zero-order chi connectivity index (χ0) is 18.3. The number of rotatable bonds is 3. The molecule has 2 aromatic rings. The number of nitrogens with zero attached hydrogens (tertiary/aromatic N) is 2. The van der Waals surface area contributed by atoms with Gasteiger partial charge in [0.05, 0.1) is 11.7 Å². The first kappa shape index (κ1) is 17.6. The summed E-state index contributed by atoms with van der Waals surface area (Å²) in [6.07, 6.45) is 0. The predicted molar refractivity (Wildman–Crippen MR) is 114 cm³/mol. The van der Waals surface area contributed by atoms with Crippen molar-refractivity contribution in [3.8, 4) is 0 Å². The van der Waals surface area contributed by atoms with Gasteiger partial charge >= 0.3 is 0 Å². The minimum atomic E-state index is -0.0781. The molecule has 132 valence electrons. The van der Waals surface area contributed by atoms with Crippen LogP contribution in [0.4, 0.5) is 5.69 Å². The molecule has 26 heavy (non-hydrogen) atoms. The fourth-order valence-electron chi connectivity index (χ4n) is 3.24. The van der Waals surface area contributed by atoms with Crippen molar-refractivity contribution in [2.45, 2.75) is 24.8 Å². The van der Waals surface area contributed by atoms with Gasteiger partial charge in [-0.3, -0.25) is 9.69 Å². The molecule has 3 nitrogen and oxygen atoms in total. The average molecular weight is 399 g/mol. The van der Waals surface area contributed by atoms with Gasteiger partial charge < -0.3 is 4.90 Å². The van der Waals surface area contributed by atoms with Crippen molar-refractivity contribution < 1.29 is 4.79 Å². The largest absolute Gasteiger partial charge is 0.334 e. The fourth-order valence-corrected chi connectivity index (χ4v) is 6.03. The highest BCUT2D eigenvalue weighted by atomic mass is 32.2. The lowest BCUT2D eigenvalue weighted by Gasteiger charge is -2.24. The van der Waals surface area contributed by atoms with Crippen LogP contribution in [-0.4, -0.2) is 21.7 Å². The van der Waals surface area contributed by atoms with Crippen LogP contribution in [0.2, 0.25) is 0 Å². The molecule has 0 aromatic heterocycles. The molecule has 1 amide bonds. The second-order valence-corrected chi connectivity index (χ2v) is 8.75. The van der Waals surface area contributed by atoms with Crippen molar-refractivity contribution in [3.63, 3.8) is 0 Å². The molecule has 1 unspecified atom stereocenters. The Morgan fingerprint density at radius 2 is 1.73 bits per heavy atom. The van der Waals surface area contributed by atoms with Crippen LogP contribution in [0.15, 0.2) is 69.4 Å². The molecule has 1 fully saturated rings. The summed E-state index contributed by atoms with van der Waals surface area (Å²) in [5, 5.41) is 0.994. The van der Waals surface area contributed by atoms with E-state index in [9.17, 15) is 4.79 Å². The molecule has 1 saturated heterocycles. The molecule has 6 heteroatoms. The van der Waals surface area contributed by atoms with Gasteiger partial charge in [0, 0.05) is 11.4 Å². The maximum Gasteiger partial charge on any atom is 0.269 e. The Hall–Kier alpha value is -1.76. The van der Waals surface area contributed by atoms with Crippen molar-refractivity contribution in [1.82, 2.24) is 4.90 Å². The molecular weight excluding hydrogens is 380 g/mol. The van der Waals surface area contributed by atoms with Crippen molar-refractivity contribution >= 4 is 51.7 Å². The Kier molecular flexibility index (Phi) is 4.82. The van der Waals surface area contributed by atoms with Gasteiger partial charge in [0.1, 0.15) is 14.3 Å². The van der Waals surface area contributed by atoms with Crippen LogP contribution < -0.4 is 4.90 Å². The number of hydrogen-bond donors (Lipinski definition) is 0. The highest BCUT2D eigenvalue weighted by Gasteiger charge is 2.40. The van der Waals surface area contributed by atoms with Gasteiger partial charge in [-0.25, -0.2) is 0 Å². The van der Waals surface area contributed by atoms with Crippen LogP contribution in [0.25, 0.3) is 0 Å². The Balaban J connectivity index is 1.71. The number of carbonyl (C=O) groups excluding carboxylic acids is 1. The van der Waals surface area contributed by atoms with E-state index in [1.54, 1.807) is 16.7 Å². The van der Waals surface area contributed by atoms with E-state index < -0.39 is 0 Å². The molecular formula is C20H18N2OS3. The third-order valence-corrected chi connectivity index (χ3v) is 7.29. The number of thioether (sulfide) groups is 2. The van der Waals surface area contributed by atoms with E-state index in [0.717, 1.165) is 27.7 Å². The lowest BCUT2D eigenvalue weighted by Crippen LogP contribution is -2.31. The molecule has 2 aliphatic rings. The Morgan fingerprint density at radius 1 is 1.04 bits per heavy atom. The molecule has 2 heterocycles. The summed E-state index contributed by atoms with van der Waals surface area (Å²) < 4.78 is 0.626. The second kappa shape index (κ2) is 7.10. The van der Waals surface area contributed by atoms with E-state index in [1.165, 1.54) is 16.7 Å². The van der Waals surface area contributed by atoms with Gasteiger partial charge in [-0.15, -0.1) is 0 Å². The van der Waals surface area contributed by atoms with Gasteiger partial charge in [-0.05, 0) is 31.5 Å². The molecule has 0 spiro atoms. The van der Waals surface area contributed by atoms with Crippen LogP contribution in [0, 0.1) is 0 Å². The first-order valence-corrected chi connectivity index (χ1v) is 10.5. The zero-order valence-electron chi connectivity index (χ0n) is 14.5. The smallest absolute Gasteiger partial charge is 0.269 e. The topological polar surface area (TPSA) is 23.6 Å². The number of anilines is 1. The van der Waals surface area contributed by atoms with Gasteiger partial charge in [-0.2, -0.15) is 0 Å². The van der Waals surface area contributed by atoms with Crippen molar-refractivity contribution in [1.29, 1.82) is 0 Å². The molecule has 2 aliphatic heterocycles. The van der Waals surface area contributed by atoms with Gasteiger partial charge in [0.15, 0.2) is 0 Å². The van der Waals surface area contributed by atoms with E-state index in [1.807, 2.05) is 49.4 Å². The quantitative estimate of drug-likeness (QED) is 0.508. The number of para-hydroxylation sites is 1. The summed E-state index contributed by atoms with van der Waals surface area (Å²) in [5.41, 5.74) is 2.25. The standard InChI is InChI=1S/C20H18N2OS3/c1-3-21-15-11-7-8-12-16(15)25-19(21)17-18(23)22(20(24)26-17)13(2)14-9-5-4-6-10-14/h4-13H,3H2,1-2H3. The molecule has 2 aromatic carbocycles. The number of carbonyl (C=O) groups is 1. The number of amides is 1. The van der Waals surface area contributed by atoms with E-state index in [4.69, 9.17) is 12.2 Å². The summed E-state index contributed by atoms with van der Waals surface area (Å²) in [5.74, 6) is 0.00473. The van der Waals surface area contributed by atoms with E-state index in [0.29, 0.717) is 4.32 Å². The minimum Gasteiger partial charge on any atom is -0.334 e. The third kappa shape index (κ3) is 2.86. The maximum absolute atomic E-state index is 13.2. The van der Waals surface area contributed by atoms with Crippen molar-refractivity contribution in [3.05, 3.63) is 70.1 Å². The lowest BCUT2D eigenvalue weighted by molar-refractivity contribution is -0.123. The monoisotopic (exact) mass is 398 g/mol. The summed E-state index contributed by atoms with van der Waals surface area (Å²) in [6, 6.07) is 18.2. The van der Waals surface area contributed by atoms with Crippen LogP contribution in [0.1, 0.15) is 25.5 Å². The number of thiocarbonyl (C=S) groups is 1. The van der Waals surface area contributed by atoms with E-state index >= 15 is 0 Å². The summed E-state index contributed by atoms with van der Waals surface area (Å²) in [6.45, 7) is 4.95. The van der Waals surface area contributed by atoms with Crippen LogP contribution in [-0.2, 0) is 4.79 Å². The summed E-state index contributed by atoms with van der Waals surface area (Å²) >= 11 is 8.65. The molecule has 1 atom stereocenters. The Morgan fingerprint density at radius 3 is 2.46 bits per heavy atom. The first-order chi connectivity index (χ1) is 12.6. The van der Waals surface area contributed by atoms with Gasteiger partial charge in [0.2, 0.25) is 0 Å². The molecule has 0 aliphatic carbocycles. The Labute approximate surface area is 167 Å². The SMILES string of the molecule is CCN1C(=C2SC(=S)N(C(C)c3ccccc3)C2=O)Sc2ccccc21. The number of benzene rings is 2. The summed E-state index contributed by atoms with van der Waals surface area (Å²) in [7, 11) is 0. The molecule has 4 rings (SSSR count). The van der Waals surface area contributed by atoms with E-state index in [2.05, 4.69) is 24.0 Å². The molecule has 0 N–H and O–H groups in total. The van der Waals surface area contributed by atoms with Crippen LogP contribution in [0.5, 0.6) is 0 Å². The van der Waals surface area contributed by atoms with Crippen LogP contribution >= 0.6 is 35.7 Å². The predicted octanol–water partition coefficient (Wildman–Crippen LogP) is 5.41. The lowest BCUT2D eigenvalue weighted by atomic mass is 10.1. The second-order valence-electron chi connectivity index (χ2n) is 6.08. The zero-order valence-corrected chi connectivity index (χ0v) is 17.0. The Bertz CT molecular complexity index is 910. The van der Waals surface area contributed by atoms with E-state index in [-0.39, 0.29) is 11.9 Å². The molecule has 0 radical (unpaired) electrons. The van der Waals surface area contributed by atoms with Crippen molar-refractivity contribution in [2.75, 3.05) is 11.4 Å². The highest BCUT2D eigenvalue weighted by Crippen LogP contribution is 2.51. The van der Waals surface area contributed by atoms with Gasteiger partial charge in [-0.1, -0.05) is 78.2 Å². The molecule has 0 bridgehead atoms. The highest BCUT2D eigenvalue weighted by molar-refractivity contribution is 8.27. The normalized spacial score (nSPS) is 20.7. The van der Waals surface area contributed by atoms with Crippen molar-refractivity contribution in [2.24, 2.45) is 0 Å². The number of hydrogen-bond acceptors (Lipinski definition) is 5. The fraction of sp³-hybridized carbons (Fsp3) is 0.200. The molecule has 0 saturated carbocycles. The maximum atomic E-state index is 13.2. The van der Waals surface area contributed by atoms with Gasteiger partial charge in [0.25, 0.3) is 5.91 Å². The minimum absolute atomic E-state index is 0.00473. The number of fused-ring (bicyclic) bond motifs is 1.